The van der Waals surface area contributed by atoms with Crippen LogP contribution >= 0.6 is 0 Å². The van der Waals surface area contributed by atoms with Gasteiger partial charge in [-0.25, -0.2) is 9.78 Å². The fraction of sp³-hybridized carbons (Fsp3) is 0.208. The molecule has 1 heterocycles. The Morgan fingerprint density at radius 1 is 1.03 bits per heavy atom. The lowest BCUT2D eigenvalue weighted by atomic mass is 10.0. The monoisotopic (exact) mass is 457 g/mol. The van der Waals surface area contributed by atoms with Gasteiger partial charge in [-0.05, 0) is 47.9 Å². The summed E-state index contributed by atoms with van der Waals surface area (Å²) in [5, 5.41) is 5.42. The molecule has 0 aliphatic carbocycles. The Bertz CT molecular complexity index is 1150. The standard InChI is InChI=1S/C24H22F3N3O3/c1-15(2)18-9-3-4-11-20(18)30-21(31)14-33-23(32)19-10-6-12-28-22(19)29-17-8-5-7-16(13-17)24(25,26)27/h3-13,15H,14H2,1-2H3,(H,28,29)(H,30,31). The van der Waals surface area contributed by atoms with Crippen molar-refractivity contribution in [3.63, 3.8) is 0 Å². The second-order valence-electron chi connectivity index (χ2n) is 7.47. The number of ether oxygens (including phenoxy) is 1. The van der Waals surface area contributed by atoms with Crippen LogP contribution in [0.1, 0.15) is 41.3 Å². The Morgan fingerprint density at radius 2 is 1.79 bits per heavy atom. The second-order valence-corrected chi connectivity index (χ2v) is 7.47. The lowest BCUT2D eigenvalue weighted by Gasteiger charge is -2.14. The topological polar surface area (TPSA) is 80.3 Å². The van der Waals surface area contributed by atoms with Crippen LogP contribution in [-0.2, 0) is 15.7 Å². The smallest absolute Gasteiger partial charge is 0.416 e. The number of anilines is 3. The highest BCUT2D eigenvalue weighted by Gasteiger charge is 2.30. The predicted molar refractivity (Wildman–Crippen MR) is 118 cm³/mol. The van der Waals surface area contributed by atoms with Crippen molar-refractivity contribution in [1.82, 2.24) is 4.98 Å². The zero-order valence-electron chi connectivity index (χ0n) is 17.9. The Labute approximate surface area is 188 Å². The van der Waals surface area contributed by atoms with E-state index in [-0.39, 0.29) is 23.0 Å². The molecule has 2 N–H and O–H groups in total. The van der Waals surface area contributed by atoms with E-state index >= 15 is 0 Å². The number of amides is 1. The number of carbonyl (C=O) groups is 2. The van der Waals surface area contributed by atoms with Gasteiger partial charge in [0.05, 0.1) is 5.56 Å². The largest absolute Gasteiger partial charge is 0.452 e. The lowest BCUT2D eigenvalue weighted by molar-refractivity contribution is -0.137. The quantitative estimate of drug-likeness (QED) is 0.441. The van der Waals surface area contributed by atoms with Gasteiger partial charge in [0, 0.05) is 17.6 Å². The Balaban J connectivity index is 1.68. The number of para-hydroxylation sites is 1. The molecule has 0 bridgehead atoms. The van der Waals surface area contributed by atoms with Gasteiger partial charge in [0.25, 0.3) is 5.91 Å². The molecule has 0 saturated carbocycles. The number of halogens is 3. The molecule has 0 saturated heterocycles. The van der Waals surface area contributed by atoms with E-state index in [9.17, 15) is 22.8 Å². The molecule has 172 valence electrons. The van der Waals surface area contributed by atoms with Crippen molar-refractivity contribution < 1.29 is 27.5 Å². The van der Waals surface area contributed by atoms with Crippen molar-refractivity contribution in [3.8, 4) is 0 Å². The van der Waals surface area contributed by atoms with Crippen LogP contribution in [0.2, 0.25) is 0 Å². The third-order valence-corrected chi connectivity index (χ3v) is 4.67. The maximum Gasteiger partial charge on any atom is 0.416 e. The predicted octanol–water partition coefficient (Wildman–Crippen LogP) is 5.76. The fourth-order valence-electron chi connectivity index (χ4n) is 3.09. The van der Waals surface area contributed by atoms with Crippen LogP contribution in [0.4, 0.5) is 30.4 Å². The van der Waals surface area contributed by atoms with Crippen LogP contribution in [0.3, 0.4) is 0 Å². The van der Waals surface area contributed by atoms with Gasteiger partial charge in [-0.1, -0.05) is 38.1 Å². The third-order valence-electron chi connectivity index (χ3n) is 4.67. The maximum atomic E-state index is 13.0. The summed E-state index contributed by atoms with van der Waals surface area (Å²) in [6.45, 7) is 3.45. The molecule has 1 aromatic heterocycles. The molecule has 6 nitrogen and oxygen atoms in total. The average Bonchev–Trinajstić information content (AvgIpc) is 2.78. The normalized spacial score (nSPS) is 11.2. The van der Waals surface area contributed by atoms with E-state index in [1.165, 1.54) is 30.5 Å². The van der Waals surface area contributed by atoms with E-state index in [0.717, 1.165) is 17.7 Å². The first-order chi connectivity index (χ1) is 15.6. The van der Waals surface area contributed by atoms with E-state index in [4.69, 9.17) is 4.74 Å². The third kappa shape index (κ3) is 6.31. The summed E-state index contributed by atoms with van der Waals surface area (Å²) < 4.78 is 44.0. The van der Waals surface area contributed by atoms with Gasteiger partial charge in [-0.2, -0.15) is 13.2 Å². The van der Waals surface area contributed by atoms with E-state index in [0.29, 0.717) is 5.69 Å². The zero-order chi connectivity index (χ0) is 24.0. The van der Waals surface area contributed by atoms with Gasteiger partial charge in [0.1, 0.15) is 11.4 Å². The summed E-state index contributed by atoms with van der Waals surface area (Å²) >= 11 is 0. The zero-order valence-corrected chi connectivity index (χ0v) is 17.9. The Kier molecular flexibility index (Phi) is 7.32. The number of pyridine rings is 1. The summed E-state index contributed by atoms with van der Waals surface area (Å²) in [6.07, 6.45) is -3.13. The van der Waals surface area contributed by atoms with Crippen LogP contribution in [0.15, 0.2) is 66.9 Å². The minimum Gasteiger partial charge on any atom is -0.452 e. The molecular weight excluding hydrogens is 435 g/mol. The molecule has 33 heavy (non-hydrogen) atoms. The van der Waals surface area contributed by atoms with Gasteiger partial charge >= 0.3 is 12.1 Å². The molecule has 9 heteroatoms. The maximum absolute atomic E-state index is 13.0. The van der Waals surface area contributed by atoms with Crippen LogP contribution in [0.25, 0.3) is 0 Å². The summed E-state index contributed by atoms with van der Waals surface area (Å²) in [6, 6.07) is 14.7. The number of benzene rings is 2. The molecule has 2 aromatic carbocycles. The van der Waals surface area contributed by atoms with Gasteiger partial charge in [-0.3, -0.25) is 4.79 Å². The van der Waals surface area contributed by atoms with Crippen LogP contribution in [0.5, 0.6) is 0 Å². The molecule has 0 fully saturated rings. The molecule has 0 unspecified atom stereocenters. The Morgan fingerprint density at radius 3 is 2.52 bits per heavy atom. The van der Waals surface area contributed by atoms with Crippen molar-refractivity contribution in [2.45, 2.75) is 25.9 Å². The summed E-state index contributed by atoms with van der Waals surface area (Å²) in [5.41, 5.74) is 0.802. The molecule has 0 radical (unpaired) electrons. The number of hydrogen-bond donors (Lipinski definition) is 2. The van der Waals surface area contributed by atoms with Gasteiger partial charge in [-0.15, -0.1) is 0 Å². The molecule has 3 aromatic rings. The van der Waals surface area contributed by atoms with Crippen molar-refractivity contribution in [1.29, 1.82) is 0 Å². The first-order valence-corrected chi connectivity index (χ1v) is 10.1. The first kappa shape index (κ1) is 23.8. The van der Waals surface area contributed by atoms with Gasteiger partial charge < -0.3 is 15.4 Å². The van der Waals surface area contributed by atoms with E-state index < -0.39 is 30.2 Å². The molecule has 0 aliphatic rings. The van der Waals surface area contributed by atoms with Crippen LogP contribution in [-0.4, -0.2) is 23.5 Å². The van der Waals surface area contributed by atoms with Crippen molar-refractivity contribution >= 4 is 29.1 Å². The molecular formula is C24H22F3N3O3. The highest BCUT2D eigenvalue weighted by Crippen LogP contribution is 2.31. The molecule has 3 rings (SSSR count). The number of alkyl halides is 3. The molecule has 1 amide bonds. The average molecular weight is 457 g/mol. The minimum absolute atomic E-state index is 0.00684. The van der Waals surface area contributed by atoms with Gasteiger partial charge in [0.15, 0.2) is 6.61 Å². The Hall–Kier alpha value is -3.88. The summed E-state index contributed by atoms with van der Waals surface area (Å²) in [4.78, 5) is 28.9. The molecule has 0 aliphatic heterocycles. The molecule has 0 atom stereocenters. The molecule has 0 spiro atoms. The van der Waals surface area contributed by atoms with E-state index in [1.807, 2.05) is 26.0 Å². The van der Waals surface area contributed by atoms with Crippen LogP contribution in [0, 0.1) is 0 Å². The SMILES string of the molecule is CC(C)c1ccccc1NC(=O)COC(=O)c1cccnc1Nc1cccc(C(F)(F)F)c1. The number of rotatable bonds is 7. The van der Waals surface area contributed by atoms with E-state index in [1.54, 1.807) is 12.1 Å². The number of hydrogen-bond acceptors (Lipinski definition) is 5. The highest BCUT2D eigenvalue weighted by molar-refractivity contribution is 5.98. The number of nitrogens with one attached hydrogen (secondary N) is 2. The number of nitrogens with zero attached hydrogens (tertiary/aromatic N) is 1. The minimum atomic E-state index is -4.51. The van der Waals surface area contributed by atoms with Crippen molar-refractivity contribution in [2.24, 2.45) is 0 Å². The number of esters is 1. The fourth-order valence-corrected chi connectivity index (χ4v) is 3.09. The second kappa shape index (κ2) is 10.2. The van der Waals surface area contributed by atoms with Crippen LogP contribution < -0.4 is 10.6 Å². The lowest BCUT2D eigenvalue weighted by Crippen LogP contribution is -2.22. The highest BCUT2D eigenvalue weighted by atomic mass is 19.4. The van der Waals surface area contributed by atoms with E-state index in [2.05, 4.69) is 15.6 Å². The van der Waals surface area contributed by atoms with Crippen molar-refractivity contribution in [3.05, 3.63) is 83.6 Å². The first-order valence-electron chi connectivity index (χ1n) is 10.1. The van der Waals surface area contributed by atoms with Gasteiger partial charge in [0.2, 0.25) is 0 Å². The summed E-state index contributed by atoms with van der Waals surface area (Å²) in [5.74, 6) is -1.17. The number of aromatic nitrogens is 1. The number of carbonyl (C=O) groups excluding carboxylic acids is 2. The summed E-state index contributed by atoms with van der Waals surface area (Å²) in [7, 11) is 0. The van der Waals surface area contributed by atoms with Crippen molar-refractivity contribution in [2.75, 3.05) is 17.2 Å².